The summed E-state index contributed by atoms with van der Waals surface area (Å²) in [6.45, 7) is 1.95. The van der Waals surface area contributed by atoms with Crippen molar-refractivity contribution < 1.29 is 4.42 Å². The van der Waals surface area contributed by atoms with E-state index in [1.807, 2.05) is 65.5 Å². The first kappa shape index (κ1) is 21.6. The quantitative estimate of drug-likeness (QED) is 0.376. The van der Waals surface area contributed by atoms with Gasteiger partial charge in [0.1, 0.15) is 11.5 Å². The van der Waals surface area contributed by atoms with Crippen molar-refractivity contribution in [1.82, 2.24) is 24.6 Å². The number of aromatic amines is 1. The maximum absolute atomic E-state index is 13.0. The number of hydrogen-bond acceptors (Lipinski definition) is 5. The molecular formula is C27H22ClN5O2. The average molecular weight is 484 g/mol. The highest BCUT2D eigenvalue weighted by atomic mass is 35.5. The molecule has 174 valence electrons. The van der Waals surface area contributed by atoms with Crippen molar-refractivity contribution in [2.24, 2.45) is 0 Å². The van der Waals surface area contributed by atoms with Crippen LogP contribution in [0.3, 0.4) is 0 Å². The van der Waals surface area contributed by atoms with Crippen LogP contribution in [-0.4, -0.2) is 31.2 Å². The Kier molecular flexibility index (Phi) is 5.56. The van der Waals surface area contributed by atoms with Gasteiger partial charge >= 0.3 is 0 Å². The molecule has 0 fully saturated rings. The van der Waals surface area contributed by atoms with E-state index in [1.165, 1.54) is 0 Å². The average Bonchev–Trinajstić information content (AvgIpc) is 3.56. The molecule has 0 aliphatic carbocycles. The maximum atomic E-state index is 13.0. The Hall–Kier alpha value is -3.94. The van der Waals surface area contributed by atoms with Gasteiger partial charge in [0.15, 0.2) is 5.76 Å². The summed E-state index contributed by atoms with van der Waals surface area (Å²) in [5, 5.41) is 5.46. The van der Waals surface area contributed by atoms with Gasteiger partial charge in [0.05, 0.1) is 23.2 Å². The van der Waals surface area contributed by atoms with Crippen LogP contribution >= 0.6 is 11.6 Å². The third kappa shape index (κ3) is 4.32. The maximum Gasteiger partial charge on any atom is 0.255 e. The molecule has 1 aliphatic heterocycles. The molecule has 6 rings (SSSR count). The molecule has 0 amide bonds. The zero-order valence-corrected chi connectivity index (χ0v) is 19.6. The summed E-state index contributed by atoms with van der Waals surface area (Å²) in [5.41, 5.74) is 5.12. The Morgan fingerprint density at radius 2 is 1.86 bits per heavy atom. The molecule has 0 spiro atoms. The number of halogens is 1. The molecule has 35 heavy (non-hydrogen) atoms. The Bertz CT molecular complexity index is 1520. The molecule has 7 nitrogen and oxygen atoms in total. The molecule has 1 N–H and O–H groups in total. The third-order valence-electron chi connectivity index (χ3n) is 6.22. The largest absolute Gasteiger partial charge is 0.463 e. The molecule has 3 aromatic heterocycles. The summed E-state index contributed by atoms with van der Waals surface area (Å²) in [5.74, 6) is 1.29. The van der Waals surface area contributed by atoms with Crippen molar-refractivity contribution in [2.45, 2.75) is 19.5 Å². The van der Waals surface area contributed by atoms with Crippen LogP contribution in [0.15, 0.2) is 88.4 Å². The van der Waals surface area contributed by atoms with E-state index in [1.54, 1.807) is 18.4 Å². The zero-order chi connectivity index (χ0) is 23.8. The highest BCUT2D eigenvalue weighted by Gasteiger charge is 2.24. The number of benzene rings is 2. The van der Waals surface area contributed by atoms with Crippen LogP contribution in [0, 0.1) is 0 Å². The second-order valence-electron chi connectivity index (χ2n) is 8.57. The van der Waals surface area contributed by atoms with Crippen molar-refractivity contribution >= 4 is 11.6 Å². The van der Waals surface area contributed by atoms with Gasteiger partial charge in [-0.2, -0.15) is 5.10 Å². The lowest BCUT2D eigenvalue weighted by Gasteiger charge is -2.27. The van der Waals surface area contributed by atoms with E-state index in [2.05, 4.69) is 9.88 Å². The fraction of sp³-hybridized carbons (Fsp3) is 0.148. The molecule has 5 aromatic rings. The van der Waals surface area contributed by atoms with Crippen LogP contribution in [0.5, 0.6) is 0 Å². The van der Waals surface area contributed by atoms with Gasteiger partial charge in [0.2, 0.25) is 0 Å². The molecule has 4 heterocycles. The molecule has 0 saturated heterocycles. The SMILES string of the molecule is O=c1[nH]c(-c2ccc(Cl)cc2)nc2c1CN(Cc1cn(-c3ccccc3)nc1-c1ccco1)CC2. The first-order valence-corrected chi connectivity index (χ1v) is 11.8. The highest BCUT2D eigenvalue weighted by molar-refractivity contribution is 6.30. The molecule has 8 heteroatoms. The normalized spacial score (nSPS) is 13.6. The standard InChI is InChI=1S/C27H22ClN5O2/c28-20-10-8-18(9-11-20)26-29-23-12-13-32(17-22(23)27(34)30-26)15-19-16-33(21-5-2-1-3-6-21)31-25(19)24-7-4-14-35-24/h1-11,14,16H,12-13,15,17H2,(H,29,30,34). The minimum Gasteiger partial charge on any atom is -0.463 e. The van der Waals surface area contributed by atoms with E-state index in [0.717, 1.165) is 40.5 Å². The van der Waals surface area contributed by atoms with Crippen LogP contribution in [0.25, 0.3) is 28.5 Å². The monoisotopic (exact) mass is 483 g/mol. The van der Waals surface area contributed by atoms with Crippen LogP contribution in [-0.2, 0) is 19.5 Å². The predicted molar refractivity (Wildman–Crippen MR) is 134 cm³/mol. The minimum atomic E-state index is -0.101. The fourth-order valence-corrected chi connectivity index (χ4v) is 4.59. The Morgan fingerprint density at radius 3 is 2.63 bits per heavy atom. The van der Waals surface area contributed by atoms with E-state index in [9.17, 15) is 4.79 Å². The number of H-pyrrole nitrogens is 1. The second-order valence-corrected chi connectivity index (χ2v) is 9.00. The van der Waals surface area contributed by atoms with Gasteiger partial charge in [0.25, 0.3) is 5.56 Å². The Balaban J connectivity index is 1.29. The number of para-hydroxylation sites is 1. The van der Waals surface area contributed by atoms with E-state index in [0.29, 0.717) is 35.9 Å². The van der Waals surface area contributed by atoms with Gasteiger partial charge in [-0.25, -0.2) is 9.67 Å². The number of aromatic nitrogens is 4. The van der Waals surface area contributed by atoms with Crippen LogP contribution in [0.4, 0.5) is 0 Å². The number of rotatable bonds is 5. The predicted octanol–water partition coefficient (Wildman–Crippen LogP) is 5.09. The van der Waals surface area contributed by atoms with E-state index in [-0.39, 0.29) is 5.56 Å². The van der Waals surface area contributed by atoms with E-state index >= 15 is 0 Å². The molecule has 2 aromatic carbocycles. The summed E-state index contributed by atoms with van der Waals surface area (Å²) in [6.07, 6.45) is 4.39. The van der Waals surface area contributed by atoms with Gasteiger partial charge < -0.3 is 9.40 Å². The summed E-state index contributed by atoms with van der Waals surface area (Å²) in [4.78, 5) is 22.9. The van der Waals surface area contributed by atoms with Crippen LogP contribution in [0.1, 0.15) is 16.8 Å². The number of fused-ring (bicyclic) bond motifs is 1. The van der Waals surface area contributed by atoms with Crippen molar-refractivity contribution in [3.8, 4) is 28.5 Å². The van der Waals surface area contributed by atoms with Gasteiger partial charge in [-0.15, -0.1) is 0 Å². The Labute approximate surface area is 206 Å². The first-order valence-electron chi connectivity index (χ1n) is 11.4. The molecule has 0 bridgehead atoms. The molecule has 0 unspecified atom stereocenters. The van der Waals surface area contributed by atoms with Crippen LogP contribution in [0.2, 0.25) is 5.02 Å². The summed E-state index contributed by atoms with van der Waals surface area (Å²) < 4.78 is 7.54. The smallest absolute Gasteiger partial charge is 0.255 e. The first-order chi connectivity index (χ1) is 17.1. The number of nitrogens with zero attached hydrogens (tertiary/aromatic N) is 4. The van der Waals surface area contributed by atoms with Gasteiger partial charge in [0, 0.05) is 48.4 Å². The minimum absolute atomic E-state index is 0.101. The molecule has 0 radical (unpaired) electrons. The Morgan fingerprint density at radius 1 is 1.03 bits per heavy atom. The number of hydrogen-bond donors (Lipinski definition) is 1. The zero-order valence-electron chi connectivity index (χ0n) is 18.8. The molecule has 0 saturated carbocycles. The lowest BCUT2D eigenvalue weighted by Crippen LogP contribution is -2.35. The van der Waals surface area contributed by atoms with Crippen LogP contribution < -0.4 is 5.56 Å². The van der Waals surface area contributed by atoms with Gasteiger partial charge in [-0.05, 0) is 48.5 Å². The van der Waals surface area contributed by atoms with Crippen molar-refractivity contribution in [3.63, 3.8) is 0 Å². The lowest BCUT2D eigenvalue weighted by molar-refractivity contribution is 0.242. The summed E-state index contributed by atoms with van der Waals surface area (Å²) in [6, 6.07) is 21.1. The second kappa shape index (κ2) is 9.02. The van der Waals surface area contributed by atoms with Gasteiger partial charge in [-0.1, -0.05) is 29.8 Å². The van der Waals surface area contributed by atoms with E-state index < -0.39 is 0 Å². The molecule has 1 aliphatic rings. The summed E-state index contributed by atoms with van der Waals surface area (Å²) >= 11 is 6.00. The van der Waals surface area contributed by atoms with Crippen molar-refractivity contribution in [1.29, 1.82) is 0 Å². The number of furan rings is 1. The van der Waals surface area contributed by atoms with Gasteiger partial charge in [-0.3, -0.25) is 9.69 Å². The highest BCUT2D eigenvalue weighted by Crippen LogP contribution is 2.27. The van der Waals surface area contributed by atoms with Crippen molar-refractivity contribution in [3.05, 3.63) is 111 Å². The number of nitrogens with one attached hydrogen (secondary N) is 1. The molecule has 0 atom stereocenters. The molecular weight excluding hydrogens is 462 g/mol. The topological polar surface area (TPSA) is 80.0 Å². The van der Waals surface area contributed by atoms with Crippen molar-refractivity contribution in [2.75, 3.05) is 6.54 Å². The van der Waals surface area contributed by atoms with E-state index in [4.69, 9.17) is 26.1 Å². The summed E-state index contributed by atoms with van der Waals surface area (Å²) in [7, 11) is 0. The third-order valence-corrected chi connectivity index (χ3v) is 6.48. The lowest BCUT2D eigenvalue weighted by atomic mass is 10.1. The fourth-order valence-electron chi connectivity index (χ4n) is 4.46.